The predicted molar refractivity (Wildman–Crippen MR) is 110 cm³/mol. The number of phosphoric ester groups is 2. The van der Waals surface area contributed by atoms with Crippen LogP contribution in [0.5, 0.6) is 0 Å². The van der Waals surface area contributed by atoms with Crippen molar-refractivity contribution in [3.63, 3.8) is 0 Å². The van der Waals surface area contributed by atoms with Gasteiger partial charge < -0.3 is 39.7 Å². The first kappa shape index (κ1) is 28.3. The number of aromatic nitrogens is 2. The molecule has 16 nitrogen and oxygen atoms in total. The molecule has 0 bridgehead atoms. The average molecular weight is 544 g/mol. The van der Waals surface area contributed by atoms with Gasteiger partial charge in [-0.15, -0.1) is 0 Å². The first-order chi connectivity index (χ1) is 16.0. The summed E-state index contributed by atoms with van der Waals surface area (Å²) in [4.78, 5) is 49.8. The number of hydrogen-bond donors (Lipinski definition) is 4. The lowest BCUT2D eigenvalue weighted by Crippen LogP contribution is -2.80. The number of aromatic amines is 1. The van der Waals surface area contributed by atoms with E-state index >= 15 is 0 Å². The summed E-state index contributed by atoms with van der Waals surface area (Å²) in [5, 5.41) is 20.2. The van der Waals surface area contributed by atoms with Crippen LogP contribution in [0, 0.1) is 6.92 Å². The molecule has 0 radical (unpaired) electrons. The fourth-order valence-corrected chi connectivity index (χ4v) is 5.87. The van der Waals surface area contributed by atoms with E-state index < -0.39 is 76.0 Å². The summed E-state index contributed by atoms with van der Waals surface area (Å²) in [5.74, 6) is 0. The largest absolute Gasteiger partial charge is 0.756 e. The molecule has 0 aromatic carbocycles. The van der Waals surface area contributed by atoms with Gasteiger partial charge >= 0.3 is 5.69 Å². The quantitative estimate of drug-likeness (QED) is 0.238. The van der Waals surface area contributed by atoms with Crippen LogP contribution in [0.1, 0.15) is 38.5 Å². The Morgan fingerprint density at radius 2 is 1.94 bits per heavy atom. The van der Waals surface area contributed by atoms with Gasteiger partial charge in [0.25, 0.3) is 21.2 Å². The molecule has 1 aromatic rings. The van der Waals surface area contributed by atoms with E-state index in [-0.39, 0.29) is 18.4 Å². The Hall–Kier alpha value is -1.26. The fourth-order valence-electron chi connectivity index (χ4n) is 3.80. The normalized spacial score (nSPS) is 37.0. The number of aliphatic hydroxyl groups excluding tert-OH is 2. The smallest absolute Gasteiger partial charge is 0.330 e. The molecule has 2 aliphatic rings. The molecule has 200 valence electrons. The molecule has 2 aliphatic heterocycles. The molecule has 35 heavy (non-hydrogen) atoms. The number of ether oxygens (including phenoxy) is 2. The standard InChI is InChI=1S/C17H29N3O13P2/c1-8-6-20(16(24)19-15(8)23)12-4-10(21)11(31-12)7-29-34(25,26)33-35(27,28)32-13-5-17(3,18)14(22)9(2)30-13/h6,9-14,21-22H,4-5,7,18H2,1-3H3,(H,25,26)(H,27,28)(H,19,23,24)/p-1/t9-,10-,11+,12+,13+,14-,17-/m0/s1. The van der Waals surface area contributed by atoms with Crippen molar-refractivity contribution >= 4 is 15.6 Å². The summed E-state index contributed by atoms with van der Waals surface area (Å²) in [6.45, 7) is 3.63. The summed E-state index contributed by atoms with van der Waals surface area (Å²) >= 11 is 0. The molecule has 1 aromatic heterocycles. The van der Waals surface area contributed by atoms with Crippen LogP contribution in [0.15, 0.2) is 15.8 Å². The SMILES string of the molecule is Cc1cn([C@H]2C[C@H](O)[C@@H](COP(=O)([O-])OP(=O)([O-])O[C@@H]3C[C@](C)([NH3+])[C@@H](O)[C@H](C)O3)O2)c(=O)[nH]c1=O. The first-order valence-electron chi connectivity index (χ1n) is 10.5. The number of aryl methyl sites for hydroxylation is 1. The Morgan fingerprint density at radius 1 is 1.29 bits per heavy atom. The molecule has 0 saturated carbocycles. The van der Waals surface area contributed by atoms with Gasteiger partial charge in [-0.05, 0) is 20.8 Å². The molecule has 6 N–H and O–H groups in total. The van der Waals surface area contributed by atoms with Crippen LogP contribution in [0.3, 0.4) is 0 Å². The number of hydrogen-bond acceptors (Lipinski definition) is 13. The highest BCUT2D eigenvalue weighted by Crippen LogP contribution is 2.57. The summed E-state index contributed by atoms with van der Waals surface area (Å²) in [5.41, 5.74) is 1.56. The van der Waals surface area contributed by atoms with Crippen molar-refractivity contribution in [3.8, 4) is 0 Å². The third-order valence-electron chi connectivity index (χ3n) is 5.66. The molecule has 9 atom stereocenters. The molecule has 3 rings (SSSR count). The summed E-state index contributed by atoms with van der Waals surface area (Å²) in [6, 6.07) is 0. The lowest BCUT2D eigenvalue weighted by molar-refractivity contribution is -0.514. The van der Waals surface area contributed by atoms with E-state index in [1.807, 2.05) is 0 Å². The second-order valence-electron chi connectivity index (χ2n) is 8.86. The van der Waals surface area contributed by atoms with Gasteiger partial charge in [-0.3, -0.25) is 28.0 Å². The number of aliphatic hydroxyl groups is 2. The summed E-state index contributed by atoms with van der Waals surface area (Å²) in [7, 11) is -11.0. The first-order valence-corrected chi connectivity index (χ1v) is 13.4. The van der Waals surface area contributed by atoms with Crippen molar-refractivity contribution in [2.45, 2.75) is 76.1 Å². The van der Waals surface area contributed by atoms with Crippen LogP contribution in [-0.2, 0) is 32.0 Å². The highest BCUT2D eigenvalue weighted by Gasteiger charge is 2.46. The van der Waals surface area contributed by atoms with Crippen LogP contribution in [0.4, 0.5) is 0 Å². The average Bonchev–Trinajstić information content (AvgIpc) is 3.06. The van der Waals surface area contributed by atoms with Crippen LogP contribution >= 0.6 is 15.6 Å². The van der Waals surface area contributed by atoms with E-state index in [0.717, 1.165) is 4.57 Å². The Morgan fingerprint density at radius 3 is 2.57 bits per heavy atom. The monoisotopic (exact) mass is 544 g/mol. The van der Waals surface area contributed by atoms with E-state index in [1.165, 1.54) is 20.0 Å². The second kappa shape index (κ2) is 10.2. The van der Waals surface area contributed by atoms with Crippen LogP contribution in [0.2, 0.25) is 0 Å². The predicted octanol–water partition coefficient (Wildman–Crippen LogP) is -3.02. The van der Waals surface area contributed by atoms with Gasteiger partial charge in [-0.25, -0.2) is 9.11 Å². The van der Waals surface area contributed by atoms with E-state index in [1.54, 1.807) is 6.92 Å². The zero-order chi connectivity index (χ0) is 26.3. The molecule has 0 aliphatic carbocycles. The van der Waals surface area contributed by atoms with Gasteiger partial charge in [0.1, 0.15) is 24.0 Å². The maximum Gasteiger partial charge on any atom is 0.330 e. The molecule has 2 fully saturated rings. The van der Waals surface area contributed by atoms with Crippen LogP contribution < -0.4 is 26.8 Å². The molecule has 2 saturated heterocycles. The molecule has 3 heterocycles. The highest BCUT2D eigenvalue weighted by molar-refractivity contribution is 7.59. The molecular weight excluding hydrogens is 516 g/mol. The van der Waals surface area contributed by atoms with Crippen molar-refractivity contribution in [3.05, 3.63) is 32.6 Å². The lowest BCUT2D eigenvalue weighted by Gasteiger charge is -2.42. The second-order valence-corrected chi connectivity index (χ2v) is 11.8. The molecule has 2 unspecified atom stereocenters. The Bertz CT molecular complexity index is 1140. The molecule has 0 amide bonds. The van der Waals surface area contributed by atoms with Crippen molar-refractivity contribution in [2.24, 2.45) is 0 Å². The van der Waals surface area contributed by atoms with Gasteiger partial charge in [0.05, 0.1) is 25.2 Å². The maximum absolute atomic E-state index is 12.1. The topological polar surface area (TPSA) is 249 Å². The summed E-state index contributed by atoms with van der Waals surface area (Å²) in [6.07, 6.45) is -6.01. The molecule has 0 spiro atoms. The third kappa shape index (κ3) is 6.95. The van der Waals surface area contributed by atoms with Crippen molar-refractivity contribution in [1.29, 1.82) is 0 Å². The van der Waals surface area contributed by atoms with Gasteiger partial charge in [0.15, 0.2) is 6.29 Å². The van der Waals surface area contributed by atoms with E-state index in [9.17, 15) is 38.7 Å². The summed E-state index contributed by atoms with van der Waals surface area (Å²) < 4.78 is 49.2. The lowest BCUT2D eigenvalue weighted by atomic mass is 9.86. The minimum absolute atomic E-state index is 0.139. The van der Waals surface area contributed by atoms with Gasteiger partial charge in [-0.2, -0.15) is 0 Å². The van der Waals surface area contributed by atoms with Crippen molar-refractivity contribution in [1.82, 2.24) is 9.55 Å². The maximum atomic E-state index is 12.1. The van der Waals surface area contributed by atoms with Crippen molar-refractivity contribution < 1.29 is 57.7 Å². The van der Waals surface area contributed by atoms with Gasteiger partial charge in [0, 0.05) is 18.2 Å². The third-order valence-corrected chi connectivity index (χ3v) is 8.22. The zero-order valence-corrected chi connectivity index (χ0v) is 20.9. The number of rotatable bonds is 8. The van der Waals surface area contributed by atoms with Gasteiger partial charge in [-0.1, -0.05) is 0 Å². The van der Waals surface area contributed by atoms with Gasteiger partial charge in [0.2, 0.25) is 0 Å². The highest BCUT2D eigenvalue weighted by atomic mass is 31.3. The number of quaternary nitrogens is 1. The Kier molecular flexibility index (Phi) is 8.29. The van der Waals surface area contributed by atoms with Crippen LogP contribution in [-0.4, -0.2) is 62.6 Å². The van der Waals surface area contributed by atoms with E-state index in [2.05, 4.69) is 24.1 Å². The number of nitrogens with one attached hydrogen (secondary N) is 1. The van der Waals surface area contributed by atoms with Crippen molar-refractivity contribution in [2.75, 3.05) is 6.61 Å². The Balaban J connectivity index is 1.58. The van der Waals surface area contributed by atoms with E-state index in [4.69, 9.17) is 9.47 Å². The molecule has 18 heteroatoms. The van der Waals surface area contributed by atoms with E-state index in [0.29, 0.717) is 0 Å². The molecular formula is C17H28N3O13P2-. The number of nitrogens with zero attached hydrogens (tertiary/aromatic N) is 1. The minimum Gasteiger partial charge on any atom is -0.756 e. The fraction of sp³-hybridized carbons (Fsp3) is 0.765. The minimum atomic E-state index is -5.51. The zero-order valence-electron chi connectivity index (χ0n) is 19.1. The number of phosphoric acid groups is 2. The van der Waals surface area contributed by atoms with Crippen LogP contribution in [0.25, 0.3) is 0 Å². The Labute approximate surface area is 198 Å². The number of H-pyrrole nitrogens is 1.